The number of hydrogen-bond acceptors (Lipinski definition) is 5. The van der Waals surface area contributed by atoms with Crippen molar-refractivity contribution in [3.8, 4) is 0 Å². The quantitative estimate of drug-likeness (QED) is 0.610. The summed E-state index contributed by atoms with van der Waals surface area (Å²) in [6.07, 6.45) is 2.60. The van der Waals surface area contributed by atoms with E-state index in [0.717, 1.165) is 12.5 Å². The van der Waals surface area contributed by atoms with Crippen LogP contribution in [0.3, 0.4) is 0 Å². The molecule has 1 aliphatic rings. The minimum Gasteiger partial charge on any atom is -0.468 e. The molecule has 1 N–H and O–H groups in total. The van der Waals surface area contributed by atoms with Crippen LogP contribution in [-0.2, 0) is 14.3 Å². The molecule has 0 saturated heterocycles. The van der Waals surface area contributed by atoms with Gasteiger partial charge in [-0.3, -0.25) is 9.69 Å². The zero-order chi connectivity index (χ0) is 13.5. The highest BCUT2D eigenvalue weighted by Crippen LogP contribution is 2.35. The molecule has 1 saturated carbocycles. The Kier molecular flexibility index (Phi) is 6.60. The first-order valence-corrected chi connectivity index (χ1v) is 6.62. The van der Waals surface area contributed by atoms with Crippen LogP contribution in [0.5, 0.6) is 0 Å². The molecule has 0 heterocycles. The molecule has 1 aliphatic carbocycles. The van der Waals surface area contributed by atoms with Crippen molar-refractivity contribution in [2.75, 3.05) is 41.0 Å². The summed E-state index contributed by atoms with van der Waals surface area (Å²) < 4.78 is 9.95. The highest BCUT2D eigenvalue weighted by Gasteiger charge is 2.33. The number of carbonyl (C=O) groups is 1. The first-order valence-electron chi connectivity index (χ1n) is 6.62. The summed E-state index contributed by atoms with van der Waals surface area (Å²) in [5, 5.41) is 3.02. The van der Waals surface area contributed by atoms with Gasteiger partial charge in [0.15, 0.2) is 0 Å². The molecule has 1 fully saturated rings. The molecular formula is C13H26N2O3. The lowest BCUT2D eigenvalue weighted by Crippen LogP contribution is -2.49. The molecule has 0 amide bonds. The molecule has 0 aromatic heterocycles. The molecule has 0 aromatic rings. The number of likely N-dealkylation sites (N-methyl/N-ethyl adjacent to an activating group) is 1. The highest BCUT2D eigenvalue weighted by atomic mass is 16.5. The Morgan fingerprint density at radius 1 is 1.44 bits per heavy atom. The first-order chi connectivity index (χ1) is 8.63. The van der Waals surface area contributed by atoms with Gasteiger partial charge in [0, 0.05) is 26.2 Å². The summed E-state index contributed by atoms with van der Waals surface area (Å²) in [6, 6.07) is 0.230. The van der Waals surface area contributed by atoms with E-state index in [1.54, 1.807) is 14.2 Å². The lowest BCUT2D eigenvalue weighted by Gasteiger charge is -2.31. The molecular weight excluding hydrogens is 232 g/mol. The first kappa shape index (κ1) is 15.4. The molecule has 0 aliphatic heterocycles. The molecule has 5 heteroatoms. The molecule has 0 bridgehead atoms. The Balaban J connectivity index is 2.54. The van der Waals surface area contributed by atoms with Gasteiger partial charge >= 0.3 is 5.97 Å². The molecule has 2 atom stereocenters. The van der Waals surface area contributed by atoms with Crippen LogP contribution in [0, 0.1) is 5.92 Å². The van der Waals surface area contributed by atoms with E-state index in [1.165, 1.54) is 20.0 Å². The van der Waals surface area contributed by atoms with E-state index in [2.05, 4.69) is 17.1 Å². The molecule has 0 aromatic carbocycles. The van der Waals surface area contributed by atoms with Crippen molar-refractivity contribution >= 4 is 5.97 Å². The van der Waals surface area contributed by atoms with Crippen LogP contribution in [0.15, 0.2) is 0 Å². The Bertz CT molecular complexity index is 257. The summed E-state index contributed by atoms with van der Waals surface area (Å²) in [5.41, 5.74) is 0. The van der Waals surface area contributed by atoms with E-state index >= 15 is 0 Å². The monoisotopic (exact) mass is 258 g/mol. The topological polar surface area (TPSA) is 50.8 Å². The SMILES string of the molecule is CNC(CN(CCOC)C(C)C1CC1)C(=O)OC. The number of ether oxygens (including phenoxy) is 2. The standard InChI is InChI=1S/C13H26N2O3/c1-10(11-5-6-11)15(7-8-17-3)9-12(14-2)13(16)18-4/h10-12,14H,5-9H2,1-4H3. The molecule has 5 nitrogen and oxygen atoms in total. The van der Waals surface area contributed by atoms with Crippen LogP contribution in [-0.4, -0.2) is 63.9 Å². The number of hydrogen-bond donors (Lipinski definition) is 1. The smallest absolute Gasteiger partial charge is 0.324 e. The van der Waals surface area contributed by atoms with Gasteiger partial charge in [-0.1, -0.05) is 0 Å². The van der Waals surface area contributed by atoms with Crippen LogP contribution in [0.25, 0.3) is 0 Å². The number of nitrogens with zero attached hydrogens (tertiary/aromatic N) is 1. The minimum atomic E-state index is -0.270. The molecule has 1 rings (SSSR count). The van der Waals surface area contributed by atoms with Crippen LogP contribution in [0.2, 0.25) is 0 Å². The van der Waals surface area contributed by atoms with Gasteiger partial charge in [0.05, 0.1) is 13.7 Å². The van der Waals surface area contributed by atoms with E-state index in [4.69, 9.17) is 9.47 Å². The summed E-state index contributed by atoms with van der Waals surface area (Å²) in [6.45, 7) is 4.44. The molecule has 0 spiro atoms. The van der Waals surface area contributed by atoms with E-state index < -0.39 is 0 Å². The number of rotatable bonds is 9. The third kappa shape index (κ3) is 4.55. The van der Waals surface area contributed by atoms with Crippen molar-refractivity contribution in [1.82, 2.24) is 10.2 Å². The Labute approximate surface area is 110 Å². The van der Waals surface area contributed by atoms with Gasteiger partial charge in [-0.15, -0.1) is 0 Å². The third-order valence-corrected chi connectivity index (χ3v) is 3.71. The normalized spacial score (nSPS) is 18.7. The Morgan fingerprint density at radius 3 is 2.56 bits per heavy atom. The molecule has 0 radical (unpaired) electrons. The van der Waals surface area contributed by atoms with Crippen molar-refractivity contribution in [2.45, 2.75) is 31.8 Å². The predicted octanol–water partition coefficient (Wildman–Crippen LogP) is 0.494. The van der Waals surface area contributed by atoms with E-state index in [9.17, 15) is 4.79 Å². The second-order valence-electron chi connectivity index (χ2n) is 4.93. The molecule has 106 valence electrons. The maximum absolute atomic E-state index is 11.6. The van der Waals surface area contributed by atoms with Gasteiger partial charge in [0.1, 0.15) is 6.04 Å². The van der Waals surface area contributed by atoms with Crippen LogP contribution in [0.1, 0.15) is 19.8 Å². The second kappa shape index (κ2) is 7.71. The van der Waals surface area contributed by atoms with Crippen LogP contribution in [0.4, 0.5) is 0 Å². The van der Waals surface area contributed by atoms with Gasteiger partial charge in [-0.25, -0.2) is 0 Å². The van der Waals surface area contributed by atoms with Crippen molar-refractivity contribution in [1.29, 1.82) is 0 Å². The van der Waals surface area contributed by atoms with Crippen molar-refractivity contribution in [2.24, 2.45) is 5.92 Å². The fourth-order valence-electron chi connectivity index (χ4n) is 2.21. The van der Waals surface area contributed by atoms with Gasteiger partial charge in [-0.05, 0) is 32.7 Å². The molecule has 2 unspecified atom stereocenters. The van der Waals surface area contributed by atoms with E-state index in [0.29, 0.717) is 19.2 Å². The average Bonchev–Trinajstić information content (AvgIpc) is 3.22. The summed E-state index contributed by atoms with van der Waals surface area (Å²) in [4.78, 5) is 13.9. The maximum atomic E-state index is 11.6. The number of methoxy groups -OCH3 is 2. The summed E-state index contributed by atoms with van der Waals surface area (Å²) in [5.74, 6) is 0.569. The predicted molar refractivity (Wildman–Crippen MR) is 70.5 cm³/mol. The zero-order valence-electron chi connectivity index (χ0n) is 11.9. The largest absolute Gasteiger partial charge is 0.468 e. The Morgan fingerprint density at radius 2 is 2.11 bits per heavy atom. The zero-order valence-corrected chi connectivity index (χ0v) is 11.9. The van der Waals surface area contributed by atoms with Gasteiger partial charge < -0.3 is 14.8 Å². The van der Waals surface area contributed by atoms with Gasteiger partial charge in [-0.2, -0.15) is 0 Å². The number of esters is 1. The van der Waals surface area contributed by atoms with Crippen molar-refractivity contribution < 1.29 is 14.3 Å². The number of carbonyl (C=O) groups excluding carboxylic acids is 1. The van der Waals surface area contributed by atoms with Gasteiger partial charge in [0.25, 0.3) is 0 Å². The fraction of sp³-hybridized carbons (Fsp3) is 0.923. The highest BCUT2D eigenvalue weighted by molar-refractivity contribution is 5.75. The van der Waals surface area contributed by atoms with Crippen molar-refractivity contribution in [3.05, 3.63) is 0 Å². The maximum Gasteiger partial charge on any atom is 0.324 e. The second-order valence-corrected chi connectivity index (χ2v) is 4.93. The summed E-state index contributed by atoms with van der Waals surface area (Å²) >= 11 is 0. The summed E-state index contributed by atoms with van der Waals surface area (Å²) in [7, 11) is 4.92. The average molecular weight is 258 g/mol. The van der Waals surface area contributed by atoms with Crippen molar-refractivity contribution in [3.63, 3.8) is 0 Å². The van der Waals surface area contributed by atoms with E-state index in [-0.39, 0.29) is 12.0 Å². The van der Waals surface area contributed by atoms with Crippen LogP contribution < -0.4 is 5.32 Å². The fourth-order valence-corrected chi connectivity index (χ4v) is 2.21. The minimum absolute atomic E-state index is 0.206. The lowest BCUT2D eigenvalue weighted by molar-refractivity contribution is -0.143. The third-order valence-electron chi connectivity index (χ3n) is 3.71. The lowest BCUT2D eigenvalue weighted by atomic mass is 10.1. The molecule has 18 heavy (non-hydrogen) atoms. The van der Waals surface area contributed by atoms with E-state index in [1.807, 2.05) is 0 Å². The number of nitrogens with one attached hydrogen (secondary N) is 1. The Hall–Kier alpha value is -0.650. The van der Waals surface area contributed by atoms with Crippen LogP contribution >= 0.6 is 0 Å². The van der Waals surface area contributed by atoms with Gasteiger partial charge in [0.2, 0.25) is 0 Å².